The minimum absolute atomic E-state index is 0.661. The summed E-state index contributed by atoms with van der Waals surface area (Å²) in [6.45, 7) is 0.661. The van der Waals surface area contributed by atoms with Gasteiger partial charge in [-0.25, -0.2) is 0 Å². The van der Waals surface area contributed by atoms with Gasteiger partial charge in [0.15, 0.2) is 11.4 Å². The highest BCUT2D eigenvalue weighted by Gasteiger charge is 2.09. The molecule has 2 aromatic rings. The summed E-state index contributed by atoms with van der Waals surface area (Å²) in [5.74, 6) is 0.865. The summed E-state index contributed by atoms with van der Waals surface area (Å²) >= 11 is 0. The zero-order chi connectivity index (χ0) is 10.8. The lowest BCUT2D eigenvalue weighted by Gasteiger charge is -2.07. The molecule has 1 aromatic carbocycles. The van der Waals surface area contributed by atoms with E-state index < -0.39 is 0 Å². The van der Waals surface area contributed by atoms with Gasteiger partial charge in [-0.2, -0.15) is 0 Å². The third-order valence-electron chi connectivity index (χ3n) is 2.37. The van der Waals surface area contributed by atoms with Gasteiger partial charge in [-0.1, -0.05) is 11.2 Å². The molecule has 1 heterocycles. The monoisotopic (exact) mass is 205 g/mol. The Hall–Kier alpha value is -1.55. The van der Waals surface area contributed by atoms with E-state index in [9.17, 15) is 0 Å². The van der Waals surface area contributed by atoms with Crippen molar-refractivity contribution in [1.29, 1.82) is 0 Å². The first-order chi connectivity index (χ1) is 7.22. The molecule has 0 spiro atoms. The number of benzene rings is 1. The van der Waals surface area contributed by atoms with Crippen LogP contribution in [0.1, 0.15) is 5.56 Å². The van der Waals surface area contributed by atoms with Gasteiger partial charge in [0.1, 0.15) is 0 Å². The average Bonchev–Trinajstić information content (AvgIpc) is 2.61. The van der Waals surface area contributed by atoms with Gasteiger partial charge in [-0.15, -0.1) is 0 Å². The Balaban J connectivity index is 2.51. The second kappa shape index (κ2) is 3.90. The smallest absolute Gasteiger partial charge is 0.179 e. The lowest BCUT2D eigenvalue weighted by atomic mass is 10.1. The summed E-state index contributed by atoms with van der Waals surface area (Å²) in [6, 6.07) is 6.06. The fraction of sp³-hybridized carbons (Fsp3) is 0.364. The molecule has 0 unspecified atom stereocenters. The van der Waals surface area contributed by atoms with E-state index in [1.165, 1.54) is 5.56 Å². The highest BCUT2D eigenvalue weighted by Crippen LogP contribution is 2.25. The summed E-state index contributed by atoms with van der Waals surface area (Å²) in [7, 11) is 3.90. The molecular weight excluding hydrogens is 190 g/mol. The molecule has 0 aliphatic rings. The van der Waals surface area contributed by atoms with Crippen LogP contribution in [0, 0.1) is 0 Å². The van der Waals surface area contributed by atoms with E-state index in [1.54, 1.807) is 0 Å². The number of aromatic nitrogens is 1. The van der Waals surface area contributed by atoms with Gasteiger partial charge in [0, 0.05) is 14.1 Å². The number of rotatable bonds is 3. The molecule has 2 rings (SSSR count). The van der Waals surface area contributed by atoms with E-state index in [1.807, 2.05) is 31.1 Å². The van der Waals surface area contributed by atoms with Crippen molar-refractivity contribution in [1.82, 2.24) is 5.16 Å². The molecule has 2 N–H and O–H groups in total. The number of anilines is 1. The molecule has 0 saturated carbocycles. The Kier molecular flexibility index (Phi) is 2.60. The molecule has 0 saturated heterocycles. The Labute approximate surface area is 88.6 Å². The molecule has 0 fully saturated rings. The van der Waals surface area contributed by atoms with Crippen LogP contribution in [-0.4, -0.2) is 25.8 Å². The molecule has 4 heteroatoms. The topological polar surface area (TPSA) is 55.3 Å². The van der Waals surface area contributed by atoms with Crippen molar-refractivity contribution >= 4 is 16.8 Å². The Morgan fingerprint density at radius 2 is 2.20 bits per heavy atom. The van der Waals surface area contributed by atoms with Crippen molar-refractivity contribution in [3.8, 4) is 0 Å². The van der Waals surface area contributed by atoms with E-state index in [-0.39, 0.29) is 0 Å². The quantitative estimate of drug-likeness (QED) is 0.822. The molecule has 0 bridgehead atoms. The summed E-state index contributed by atoms with van der Waals surface area (Å²) < 4.78 is 5.22. The SMILES string of the molecule is CN(C)c1noc2ccc(CCN)cc12. The largest absolute Gasteiger partial charge is 0.359 e. The molecule has 0 amide bonds. The predicted molar refractivity (Wildman–Crippen MR) is 61.1 cm³/mol. The molecule has 0 radical (unpaired) electrons. The predicted octanol–water partition coefficient (Wildman–Crippen LogP) is 1.39. The lowest BCUT2D eigenvalue weighted by molar-refractivity contribution is 0.457. The molecule has 4 nitrogen and oxygen atoms in total. The van der Waals surface area contributed by atoms with Crippen molar-refractivity contribution in [2.24, 2.45) is 5.73 Å². The molecule has 15 heavy (non-hydrogen) atoms. The van der Waals surface area contributed by atoms with Crippen LogP contribution in [0.2, 0.25) is 0 Å². The maximum absolute atomic E-state index is 5.53. The number of hydrogen-bond acceptors (Lipinski definition) is 4. The molecule has 1 aromatic heterocycles. The lowest BCUT2D eigenvalue weighted by Crippen LogP contribution is -2.09. The first-order valence-corrected chi connectivity index (χ1v) is 4.98. The summed E-state index contributed by atoms with van der Waals surface area (Å²) in [5.41, 5.74) is 7.57. The molecule has 0 atom stereocenters. The second-order valence-corrected chi connectivity index (χ2v) is 3.77. The zero-order valence-electron chi connectivity index (χ0n) is 9.03. The van der Waals surface area contributed by atoms with Gasteiger partial charge in [0.25, 0.3) is 0 Å². The van der Waals surface area contributed by atoms with Crippen LogP contribution in [0.3, 0.4) is 0 Å². The van der Waals surface area contributed by atoms with Gasteiger partial charge in [-0.3, -0.25) is 0 Å². The van der Waals surface area contributed by atoms with Gasteiger partial charge >= 0.3 is 0 Å². The Bertz CT molecular complexity index is 462. The molecule has 80 valence electrons. The van der Waals surface area contributed by atoms with Crippen molar-refractivity contribution in [3.63, 3.8) is 0 Å². The summed E-state index contributed by atoms with van der Waals surface area (Å²) in [4.78, 5) is 1.94. The Morgan fingerprint density at radius 3 is 2.87 bits per heavy atom. The fourth-order valence-corrected chi connectivity index (χ4v) is 1.62. The van der Waals surface area contributed by atoms with Gasteiger partial charge in [0.05, 0.1) is 5.39 Å². The summed E-state index contributed by atoms with van der Waals surface area (Å²) in [6.07, 6.45) is 0.883. The van der Waals surface area contributed by atoms with Crippen LogP contribution in [0.4, 0.5) is 5.82 Å². The van der Waals surface area contributed by atoms with E-state index >= 15 is 0 Å². The minimum atomic E-state index is 0.661. The van der Waals surface area contributed by atoms with Crippen LogP contribution in [0.25, 0.3) is 11.0 Å². The average molecular weight is 205 g/mol. The van der Waals surface area contributed by atoms with E-state index in [4.69, 9.17) is 10.3 Å². The van der Waals surface area contributed by atoms with Gasteiger partial charge in [-0.05, 0) is 30.7 Å². The molecule has 0 aliphatic carbocycles. The standard InChI is InChI=1S/C11H15N3O/c1-14(2)11-9-7-8(5-6-12)3-4-10(9)15-13-11/h3-4,7H,5-6,12H2,1-2H3. The number of nitrogens with zero attached hydrogens (tertiary/aromatic N) is 2. The maximum Gasteiger partial charge on any atom is 0.179 e. The van der Waals surface area contributed by atoms with Crippen LogP contribution in [-0.2, 0) is 6.42 Å². The first-order valence-electron chi connectivity index (χ1n) is 4.98. The van der Waals surface area contributed by atoms with E-state index in [0.717, 1.165) is 23.2 Å². The third kappa shape index (κ3) is 1.80. The number of fused-ring (bicyclic) bond motifs is 1. The highest BCUT2D eigenvalue weighted by molar-refractivity contribution is 5.88. The van der Waals surface area contributed by atoms with E-state index in [2.05, 4.69) is 11.2 Å². The first kappa shape index (κ1) is 9.98. The van der Waals surface area contributed by atoms with Crippen molar-refractivity contribution < 1.29 is 4.52 Å². The zero-order valence-corrected chi connectivity index (χ0v) is 9.03. The van der Waals surface area contributed by atoms with Crippen LogP contribution >= 0.6 is 0 Å². The van der Waals surface area contributed by atoms with Crippen molar-refractivity contribution in [2.75, 3.05) is 25.5 Å². The Morgan fingerprint density at radius 1 is 1.40 bits per heavy atom. The molecular formula is C11H15N3O. The number of nitrogens with two attached hydrogens (primary N) is 1. The molecule has 0 aliphatic heterocycles. The van der Waals surface area contributed by atoms with Crippen molar-refractivity contribution in [2.45, 2.75) is 6.42 Å². The van der Waals surface area contributed by atoms with Gasteiger partial charge < -0.3 is 15.2 Å². The minimum Gasteiger partial charge on any atom is -0.359 e. The number of hydrogen-bond donors (Lipinski definition) is 1. The third-order valence-corrected chi connectivity index (χ3v) is 2.37. The fourth-order valence-electron chi connectivity index (χ4n) is 1.62. The maximum atomic E-state index is 5.53. The van der Waals surface area contributed by atoms with Crippen molar-refractivity contribution in [3.05, 3.63) is 23.8 Å². The second-order valence-electron chi connectivity index (χ2n) is 3.77. The normalized spacial score (nSPS) is 10.9. The summed E-state index contributed by atoms with van der Waals surface area (Å²) in [5, 5.41) is 5.06. The van der Waals surface area contributed by atoms with Crippen LogP contribution in [0.5, 0.6) is 0 Å². The van der Waals surface area contributed by atoms with Crippen LogP contribution < -0.4 is 10.6 Å². The highest BCUT2D eigenvalue weighted by atomic mass is 16.5. The van der Waals surface area contributed by atoms with Crippen LogP contribution in [0.15, 0.2) is 22.7 Å². The van der Waals surface area contributed by atoms with E-state index in [0.29, 0.717) is 6.54 Å². The van der Waals surface area contributed by atoms with Gasteiger partial charge in [0.2, 0.25) is 0 Å².